The van der Waals surface area contributed by atoms with E-state index in [1.54, 1.807) is 31.0 Å². The Morgan fingerprint density at radius 2 is 0.531 bits per heavy atom. The molecule has 130 heavy (non-hydrogen) atoms. The number of hydrogen-bond donors (Lipinski definition) is 0. The smallest absolute Gasteiger partial charge is 0.120 e. The fourth-order valence-electron chi connectivity index (χ4n) is 14.2. The summed E-state index contributed by atoms with van der Waals surface area (Å²) in [6.45, 7) is 4.05. The molecule has 0 bridgehead atoms. The second-order valence-electron chi connectivity index (χ2n) is 28.6. The number of pyridine rings is 8. The van der Waals surface area contributed by atoms with Crippen LogP contribution in [-0.2, 0) is 80.4 Å². The van der Waals surface area contributed by atoms with Crippen LogP contribution in [0.3, 0.4) is 0 Å². The number of rotatable bonds is 8. The molecule has 0 spiro atoms. The quantitative estimate of drug-likeness (QED) is 0.134. The molecular formula is C114H76Ir4N8O3S-8. The molecule has 16 heteroatoms. The first-order valence-electron chi connectivity index (χ1n) is 40.9. The van der Waals surface area contributed by atoms with Gasteiger partial charge >= 0.3 is 0 Å². The summed E-state index contributed by atoms with van der Waals surface area (Å²) in [5.41, 5.74) is 23.0. The minimum atomic E-state index is 0. The van der Waals surface area contributed by atoms with Crippen molar-refractivity contribution in [3.63, 3.8) is 0 Å². The molecule has 4 radical (unpaired) electrons. The molecule has 0 N–H and O–H groups in total. The van der Waals surface area contributed by atoms with Crippen molar-refractivity contribution in [1.82, 2.24) is 39.9 Å². The maximum absolute atomic E-state index is 6.01. The van der Waals surface area contributed by atoms with Crippen LogP contribution in [0.15, 0.2) is 439 Å². The molecule has 12 heterocycles. The standard InChI is InChI=1S/C18H12NO.2C17H10NO.C17H10NS.C12H10N.3C11H8N.4Ir/c1-12-9-10-19-16(11-12)15-7-4-6-14-13-5-2-3-8-17(13)20-18(14)15;3*1-2-10-16-12(6-1)13-7-5-8-14(17(13)19-16)15-9-3-4-11-18-15;1-10-6-5-9-12(13-10)11-7-3-2-4-8-11;3*1-2-6-10(7-3-1)11-8-4-5-9-12-11;;;;/h2-6,8-11H,1H3;3*1-7,9-11H;2-7,9H,1H3;3*1-6,8-9H;;;;/q8*-1;;;;. The van der Waals surface area contributed by atoms with E-state index in [4.69, 9.17) is 13.3 Å². The molecule has 0 aliphatic heterocycles. The van der Waals surface area contributed by atoms with Crippen LogP contribution in [0.2, 0.25) is 0 Å². The third-order valence-corrected chi connectivity index (χ3v) is 21.3. The van der Waals surface area contributed by atoms with E-state index < -0.39 is 0 Å². The van der Waals surface area contributed by atoms with Crippen molar-refractivity contribution in [2.75, 3.05) is 0 Å². The van der Waals surface area contributed by atoms with Crippen molar-refractivity contribution in [3.8, 4) is 90.1 Å². The van der Waals surface area contributed by atoms with Gasteiger partial charge in [0.05, 0.1) is 16.7 Å². The largest absolute Gasteiger partial charge is 0.501 e. The molecule has 12 aromatic carbocycles. The molecule has 0 saturated heterocycles. The normalized spacial score (nSPS) is 10.3. The summed E-state index contributed by atoms with van der Waals surface area (Å²) in [5, 5.41) is 9.31. The second kappa shape index (κ2) is 47.2. The van der Waals surface area contributed by atoms with Gasteiger partial charge in [0.25, 0.3) is 0 Å². The average Bonchev–Trinajstić information content (AvgIpc) is 1.64. The van der Waals surface area contributed by atoms with Crippen molar-refractivity contribution in [1.29, 1.82) is 0 Å². The summed E-state index contributed by atoms with van der Waals surface area (Å²) >= 11 is 1.81. The van der Waals surface area contributed by atoms with Gasteiger partial charge in [-0.2, -0.15) is 11.3 Å². The minimum Gasteiger partial charge on any atom is -0.501 e. The van der Waals surface area contributed by atoms with E-state index in [1.165, 1.54) is 25.7 Å². The number of para-hydroxylation sites is 3. The van der Waals surface area contributed by atoms with Crippen molar-refractivity contribution in [2.24, 2.45) is 0 Å². The molecule has 0 aliphatic carbocycles. The average molecular weight is 2410 g/mol. The van der Waals surface area contributed by atoms with Crippen LogP contribution in [0, 0.1) is 62.4 Å². The second-order valence-corrected chi connectivity index (χ2v) is 29.6. The van der Waals surface area contributed by atoms with Crippen LogP contribution in [0.5, 0.6) is 0 Å². The Labute approximate surface area is 812 Å². The number of benzene rings is 12. The zero-order valence-corrected chi connectivity index (χ0v) is 80.4. The molecular weight excluding hydrogens is 2330 g/mol. The molecule has 11 nitrogen and oxygen atoms in total. The number of thiophene rings is 1. The van der Waals surface area contributed by atoms with Gasteiger partial charge in [-0.25, -0.2) is 0 Å². The maximum atomic E-state index is 6.01. The van der Waals surface area contributed by atoms with Gasteiger partial charge in [0.2, 0.25) is 0 Å². The molecule has 0 saturated carbocycles. The van der Waals surface area contributed by atoms with E-state index in [0.717, 1.165) is 162 Å². The van der Waals surface area contributed by atoms with Crippen molar-refractivity contribution >= 4 is 97.3 Å². The zero-order valence-electron chi connectivity index (χ0n) is 70.0. The Morgan fingerprint density at radius 1 is 0.223 bits per heavy atom. The first-order valence-corrected chi connectivity index (χ1v) is 41.7. The zero-order chi connectivity index (χ0) is 85.3. The number of fused-ring (bicyclic) bond motifs is 12. The molecule has 24 aromatic rings. The Hall–Kier alpha value is -13.9. The summed E-state index contributed by atoms with van der Waals surface area (Å²) in [6, 6.07) is 151. The Kier molecular flexibility index (Phi) is 34.0. The SMILES string of the molecule is Cc1cccc(-c2[c-]cccc2)n1.Cc1ccnc(-c2[c-]ccc3c2oc2ccccc23)c1.[Ir].[Ir].[Ir].[Ir].[c-]1ccc2c(oc3ccccc32)c1-c1ccccn1.[c-]1ccc2c(oc3ccccc32)c1-c1ccccn1.[c-]1ccc2c(sc3ccccc32)c1-c1ccccn1.[c-]1ccccc1-c1ccccn1.[c-]1ccccc1-c1ccccn1.[c-]1ccccc1-c1ccccn1. The topological polar surface area (TPSA) is 143 Å². The molecule has 0 unspecified atom stereocenters. The van der Waals surface area contributed by atoms with E-state index in [1.807, 2.05) is 358 Å². The van der Waals surface area contributed by atoms with Gasteiger partial charge in [0.15, 0.2) is 0 Å². The molecule has 640 valence electrons. The van der Waals surface area contributed by atoms with E-state index >= 15 is 0 Å². The monoisotopic (exact) mass is 2410 g/mol. The van der Waals surface area contributed by atoms with Crippen LogP contribution in [0.4, 0.5) is 0 Å². The van der Waals surface area contributed by atoms with E-state index in [2.05, 4.69) is 150 Å². The molecule has 0 aliphatic rings. The fraction of sp³-hybridized carbons (Fsp3) is 0.0175. The summed E-state index contributed by atoms with van der Waals surface area (Å²) in [5.74, 6) is 0. The van der Waals surface area contributed by atoms with Gasteiger partial charge in [-0.3, -0.25) is 0 Å². The van der Waals surface area contributed by atoms with Crippen LogP contribution in [0.1, 0.15) is 11.3 Å². The first-order chi connectivity index (χ1) is 62.4. The van der Waals surface area contributed by atoms with Crippen molar-refractivity contribution in [2.45, 2.75) is 13.8 Å². The third-order valence-electron chi connectivity index (χ3n) is 20.1. The number of aryl methyl sites for hydroxylation is 2. The van der Waals surface area contributed by atoms with Gasteiger partial charge in [-0.15, -0.1) is 222 Å². The summed E-state index contributed by atoms with van der Waals surface area (Å²) in [4.78, 5) is 34.7. The van der Waals surface area contributed by atoms with Crippen LogP contribution < -0.4 is 0 Å². The predicted octanol–water partition coefficient (Wildman–Crippen LogP) is 29.1. The molecule has 0 atom stereocenters. The molecule has 24 rings (SSSR count). The number of hydrogen-bond acceptors (Lipinski definition) is 12. The molecule has 12 aromatic heterocycles. The van der Waals surface area contributed by atoms with E-state index in [0.29, 0.717) is 0 Å². The summed E-state index contributed by atoms with van der Waals surface area (Å²) in [7, 11) is 0. The minimum absolute atomic E-state index is 0. The first kappa shape index (κ1) is 93.7. The number of furan rings is 3. The van der Waals surface area contributed by atoms with Gasteiger partial charge in [0, 0.05) is 150 Å². The number of aromatic nitrogens is 8. The van der Waals surface area contributed by atoms with Gasteiger partial charge in [-0.05, 0) is 142 Å². The Bertz CT molecular complexity index is 6960. The fourth-order valence-corrected chi connectivity index (χ4v) is 15.4. The van der Waals surface area contributed by atoms with Gasteiger partial charge < -0.3 is 53.1 Å². The van der Waals surface area contributed by atoms with E-state index in [9.17, 15) is 0 Å². The third kappa shape index (κ3) is 23.3. The van der Waals surface area contributed by atoms with Gasteiger partial charge in [0.1, 0.15) is 16.7 Å². The Balaban J connectivity index is 0.000000127. The van der Waals surface area contributed by atoms with Crippen molar-refractivity contribution < 1.29 is 93.7 Å². The van der Waals surface area contributed by atoms with Crippen molar-refractivity contribution in [3.05, 3.63) is 485 Å². The predicted molar refractivity (Wildman–Crippen MR) is 512 cm³/mol. The van der Waals surface area contributed by atoms with Crippen LogP contribution in [-0.4, -0.2) is 39.9 Å². The Morgan fingerprint density at radius 3 is 0.892 bits per heavy atom. The molecule has 0 amide bonds. The van der Waals surface area contributed by atoms with E-state index in [-0.39, 0.29) is 80.4 Å². The maximum Gasteiger partial charge on any atom is 0.120 e. The molecule has 0 fully saturated rings. The van der Waals surface area contributed by atoms with Crippen LogP contribution in [0.25, 0.3) is 176 Å². The summed E-state index contributed by atoms with van der Waals surface area (Å²) < 4.78 is 20.5. The van der Waals surface area contributed by atoms with Crippen LogP contribution >= 0.6 is 11.3 Å². The summed E-state index contributed by atoms with van der Waals surface area (Å²) in [6.07, 6.45) is 12.6. The van der Waals surface area contributed by atoms with Gasteiger partial charge in [-0.1, -0.05) is 208 Å². The number of nitrogens with zero attached hydrogens (tertiary/aromatic N) is 8.